The van der Waals surface area contributed by atoms with Gasteiger partial charge in [0.25, 0.3) is 5.79 Å². The van der Waals surface area contributed by atoms with Gasteiger partial charge in [0.05, 0.1) is 12.8 Å². The number of rotatable bonds is 6. The van der Waals surface area contributed by atoms with Gasteiger partial charge in [-0.25, -0.2) is 0 Å². The Hall–Kier alpha value is -3.35. The van der Waals surface area contributed by atoms with Crippen molar-refractivity contribution >= 4 is 23.8 Å². The van der Waals surface area contributed by atoms with Crippen LogP contribution in [0.1, 0.15) is 19.4 Å². The molecule has 0 spiro atoms. The molecule has 2 aromatic carbocycles. The van der Waals surface area contributed by atoms with Crippen LogP contribution in [0.5, 0.6) is 11.5 Å². The van der Waals surface area contributed by atoms with E-state index in [1.54, 1.807) is 25.3 Å². The Balaban J connectivity index is 1.74. The Morgan fingerprint density at radius 1 is 1.04 bits per heavy atom. The van der Waals surface area contributed by atoms with E-state index in [1.807, 2.05) is 30.3 Å². The maximum Gasteiger partial charge on any atom is 0.329 e. The van der Waals surface area contributed by atoms with Crippen molar-refractivity contribution in [1.29, 1.82) is 0 Å². The van der Waals surface area contributed by atoms with E-state index in [9.17, 15) is 9.59 Å². The molecule has 0 aliphatic carbocycles. The fourth-order valence-corrected chi connectivity index (χ4v) is 2.60. The van der Waals surface area contributed by atoms with Crippen molar-refractivity contribution in [3.8, 4) is 11.5 Å². The number of cyclic esters (lactones) is 2. The molecule has 3 rings (SSSR count). The van der Waals surface area contributed by atoms with Gasteiger partial charge in [-0.2, -0.15) is 0 Å². The first-order chi connectivity index (χ1) is 13.4. The molecule has 1 aliphatic rings. The molecule has 0 bridgehead atoms. The van der Waals surface area contributed by atoms with Crippen LogP contribution in [0.2, 0.25) is 0 Å². The minimum Gasteiger partial charge on any atom is -0.493 e. The first-order valence-electron chi connectivity index (χ1n) is 8.72. The molecule has 1 heterocycles. The van der Waals surface area contributed by atoms with Crippen molar-refractivity contribution in [2.75, 3.05) is 7.11 Å². The lowest BCUT2D eigenvalue weighted by Crippen LogP contribution is -2.46. The molecule has 1 saturated heterocycles. The van der Waals surface area contributed by atoms with Crippen LogP contribution in [0, 0.1) is 5.92 Å². The third-order valence-electron chi connectivity index (χ3n) is 3.96. The monoisotopic (exact) mass is 383 g/mol. The van der Waals surface area contributed by atoms with E-state index in [0.717, 1.165) is 5.56 Å². The van der Waals surface area contributed by atoms with Gasteiger partial charge in [0.15, 0.2) is 17.4 Å². The number of carbonyl (C=O) groups excluding carboxylic acids is 2. The second-order valence-corrected chi connectivity index (χ2v) is 6.61. The van der Waals surface area contributed by atoms with Crippen LogP contribution >= 0.6 is 0 Å². The van der Waals surface area contributed by atoms with Crippen molar-refractivity contribution in [3.63, 3.8) is 0 Å². The molecule has 1 aliphatic heterocycles. The molecule has 7 heteroatoms. The van der Waals surface area contributed by atoms with Crippen LogP contribution in [0.3, 0.4) is 0 Å². The summed E-state index contributed by atoms with van der Waals surface area (Å²) in [4.78, 5) is 28.2. The van der Waals surface area contributed by atoms with Gasteiger partial charge < -0.3 is 18.9 Å². The minimum absolute atomic E-state index is 0.362. The first-order valence-corrected chi connectivity index (χ1v) is 8.72. The van der Waals surface area contributed by atoms with Gasteiger partial charge in [-0.05, 0) is 17.7 Å². The Morgan fingerprint density at radius 2 is 1.71 bits per heavy atom. The minimum atomic E-state index is -1.27. The lowest BCUT2D eigenvalue weighted by Gasteiger charge is -2.31. The molecular weight excluding hydrogens is 362 g/mol. The number of benzene rings is 2. The predicted octanol–water partition coefficient (Wildman–Crippen LogP) is 3.43. The zero-order chi connectivity index (χ0) is 20.1. The zero-order valence-corrected chi connectivity index (χ0v) is 15.9. The van der Waals surface area contributed by atoms with Gasteiger partial charge in [-0.3, -0.25) is 14.6 Å². The molecule has 28 heavy (non-hydrogen) atoms. The second kappa shape index (κ2) is 8.12. The Morgan fingerprint density at radius 3 is 2.36 bits per heavy atom. The first kappa shape index (κ1) is 19.4. The average molecular weight is 383 g/mol. The fourth-order valence-electron chi connectivity index (χ4n) is 2.60. The zero-order valence-electron chi connectivity index (χ0n) is 15.9. The summed E-state index contributed by atoms with van der Waals surface area (Å²) in [6.07, 6.45) is 1.21. The number of hydrogen-bond acceptors (Lipinski definition) is 7. The lowest BCUT2D eigenvalue weighted by molar-refractivity contribution is -0.235. The topological polar surface area (TPSA) is 83.4 Å². The second-order valence-electron chi connectivity index (χ2n) is 6.61. The smallest absolute Gasteiger partial charge is 0.329 e. The van der Waals surface area contributed by atoms with Crippen LogP contribution in [0.15, 0.2) is 53.5 Å². The third kappa shape index (κ3) is 4.68. The normalized spacial score (nSPS) is 16.5. The largest absolute Gasteiger partial charge is 0.493 e. The highest BCUT2D eigenvalue weighted by Gasteiger charge is 2.42. The van der Waals surface area contributed by atoms with E-state index in [0.29, 0.717) is 23.8 Å². The lowest BCUT2D eigenvalue weighted by atomic mass is 10.1. The molecule has 0 aromatic heterocycles. The van der Waals surface area contributed by atoms with Crippen LogP contribution in [0.25, 0.3) is 0 Å². The van der Waals surface area contributed by atoms with Crippen molar-refractivity contribution in [3.05, 3.63) is 54.1 Å². The summed E-state index contributed by atoms with van der Waals surface area (Å²) in [5, 5.41) is 0. The predicted molar refractivity (Wildman–Crippen MR) is 102 cm³/mol. The molecule has 146 valence electrons. The number of carbonyl (C=O) groups is 2. The van der Waals surface area contributed by atoms with Crippen LogP contribution in [-0.2, 0) is 25.7 Å². The molecule has 7 nitrogen and oxygen atoms in total. The van der Waals surface area contributed by atoms with Crippen molar-refractivity contribution in [1.82, 2.24) is 0 Å². The maximum atomic E-state index is 12.0. The van der Waals surface area contributed by atoms with Crippen molar-refractivity contribution in [2.45, 2.75) is 26.2 Å². The van der Waals surface area contributed by atoms with Gasteiger partial charge in [0.1, 0.15) is 6.61 Å². The Kier molecular flexibility index (Phi) is 5.63. The highest BCUT2D eigenvalue weighted by molar-refractivity contribution is 6.10. The van der Waals surface area contributed by atoms with Gasteiger partial charge in [-0.1, -0.05) is 30.3 Å². The number of ether oxygens (including phenoxy) is 4. The Bertz CT molecular complexity index is 871. The van der Waals surface area contributed by atoms with Crippen LogP contribution in [-0.4, -0.2) is 31.1 Å². The molecule has 0 atom stereocenters. The number of nitrogens with zero attached hydrogens (tertiary/aromatic N) is 1. The fraction of sp³-hybridized carbons (Fsp3) is 0.286. The molecule has 0 saturated carbocycles. The van der Waals surface area contributed by atoms with E-state index in [1.165, 1.54) is 20.1 Å². The SMILES string of the molecule is COc1ccc(N=CC2C(=O)OC(C)(C)OC2=O)cc1OCc1ccccc1. The molecular formula is C21H21NO6. The summed E-state index contributed by atoms with van der Waals surface area (Å²) in [6.45, 7) is 3.35. The maximum absolute atomic E-state index is 12.0. The van der Waals surface area contributed by atoms with E-state index in [-0.39, 0.29) is 0 Å². The molecule has 0 amide bonds. The number of aliphatic imine (C=N–C) groups is 1. The van der Waals surface area contributed by atoms with Gasteiger partial charge in [0.2, 0.25) is 0 Å². The third-order valence-corrected chi connectivity index (χ3v) is 3.96. The molecule has 0 radical (unpaired) electrons. The van der Waals surface area contributed by atoms with Gasteiger partial charge in [0, 0.05) is 26.1 Å². The molecule has 2 aromatic rings. The summed E-state index contributed by atoms with van der Waals surface area (Å²) in [7, 11) is 1.55. The van der Waals surface area contributed by atoms with E-state index in [2.05, 4.69) is 4.99 Å². The van der Waals surface area contributed by atoms with Crippen LogP contribution in [0.4, 0.5) is 5.69 Å². The van der Waals surface area contributed by atoms with Gasteiger partial charge in [-0.15, -0.1) is 0 Å². The summed E-state index contributed by atoms with van der Waals surface area (Å²) in [6, 6.07) is 14.8. The van der Waals surface area contributed by atoms with Crippen LogP contribution < -0.4 is 9.47 Å². The van der Waals surface area contributed by atoms with Gasteiger partial charge >= 0.3 is 11.9 Å². The quantitative estimate of drug-likeness (QED) is 0.432. The van der Waals surface area contributed by atoms with E-state index >= 15 is 0 Å². The summed E-state index contributed by atoms with van der Waals surface area (Å²) in [5.74, 6) is -2.82. The molecule has 0 unspecified atom stereocenters. The van der Waals surface area contributed by atoms with E-state index < -0.39 is 23.6 Å². The number of esters is 2. The Labute approximate surface area is 162 Å². The molecule has 1 fully saturated rings. The average Bonchev–Trinajstić information content (AvgIpc) is 2.65. The summed E-state index contributed by atoms with van der Waals surface area (Å²) < 4.78 is 21.3. The van der Waals surface area contributed by atoms with E-state index in [4.69, 9.17) is 18.9 Å². The highest BCUT2D eigenvalue weighted by atomic mass is 16.7. The highest BCUT2D eigenvalue weighted by Crippen LogP contribution is 2.32. The number of hydrogen-bond donors (Lipinski definition) is 0. The summed E-state index contributed by atoms with van der Waals surface area (Å²) >= 11 is 0. The van der Waals surface area contributed by atoms with Crippen molar-refractivity contribution < 1.29 is 28.5 Å². The standard InChI is InChI=1S/C21H21NO6/c1-21(2)27-19(23)16(20(24)28-21)12-22-15-9-10-17(25-3)18(11-15)26-13-14-7-5-4-6-8-14/h4-12,16H,13H2,1-3H3. The number of methoxy groups -OCH3 is 1. The van der Waals surface area contributed by atoms with Crippen molar-refractivity contribution in [2.24, 2.45) is 10.9 Å². The summed E-state index contributed by atoms with van der Waals surface area (Å²) in [5.41, 5.74) is 1.50. The molecule has 0 N–H and O–H groups in total.